The number of alkyl halides is 3. The number of benzene rings is 2. The third-order valence-corrected chi connectivity index (χ3v) is 6.17. The molecule has 0 aliphatic heterocycles. The van der Waals surface area contributed by atoms with Crippen LogP contribution in [0.15, 0.2) is 76.2 Å². The van der Waals surface area contributed by atoms with Crippen LogP contribution in [-0.4, -0.2) is 12.7 Å². The van der Waals surface area contributed by atoms with Gasteiger partial charge in [0.1, 0.15) is 5.76 Å². The van der Waals surface area contributed by atoms with Gasteiger partial charge < -0.3 is 4.42 Å². The Labute approximate surface area is 165 Å². The summed E-state index contributed by atoms with van der Waals surface area (Å²) in [6.07, 6.45) is -3.26. The van der Waals surface area contributed by atoms with Crippen molar-refractivity contribution in [1.82, 2.24) is 4.31 Å². The quantitative estimate of drug-likeness (QED) is 0.531. The molecule has 0 aliphatic rings. The number of nitrogens with zero attached hydrogens (tertiary/aromatic N) is 1. The second-order valence-corrected chi connectivity index (χ2v) is 8.31. The summed E-state index contributed by atoms with van der Waals surface area (Å²) in [5.41, 5.74) is -0.518. The molecule has 0 saturated carbocycles. The van der Waals surface area contributed by atoms with Crippen molar-refractivity contribution in [1.29, 1.82) is 0 Å². The standard InChI is InChI=1S/C19H15ClF3NO3S/c20-18-9-2-1-5-14(18)12-24(13-16-7-4-10-27-16)28(25,26)17-8-3-6-15(11-17)19(21,22)23/h1-11H,12-13H2. The lowest BCUT2D eigenvalue weighted by atomic mass is 10.2. The zero-order valence-electron chi connectivity index (χ0n) is 14.4. The molecular formula is C19H15ClF3NO3S. The van der Waals surface area contributed by atoms with E-state index in [9.17, 15) is 21.6 Å². The SMILES string of the molecule is O=S(=O)(c1cccc(C(F)(F)F)c1)N(Cc1ccco1)Cc1ccccc1Cl. The van der Waals surface area contributed by atoms with Gasteiger partial charge in [-0.2, -0.15) is 17.5 Å². The molecule has 0 aliphatic carbocycles. The highest BCUT2D eigenvalue weighted by Crippen LogP contribution is 2.32. The lowest BCUT2D eigenvalue weighted by Crippen LogP contribution is -2.30. The maximum Gasteiger partial charge on any atom is 0.416 e. The monoisotopic (exact) mass is 429 g/mol. The molecule has 28 heavy (non-hydrogen) atoms. The van der Waals surface area contributed by atoms with Crippen molar-refractivity contribution in [2.45, 2.75) is 24.2 Å². The number of halogens is 4. The molecule has 0 amide bonds. The number of sulfonamides is 1. The Morgan fingerprint density at radius 2 is 1.71 bits per heavy atom. The Hall–Kier alpha value is -2.29. The molecule has 0 bridgehead atoms. The molecule has 148 valence electrons. The Bertz CT molecular complexity index is 1050. The number of furan rings is 1. The van der Waals surface area contributed by atoms with Gasteiger partial charge in [-0.1, -0.05) is 35.9 Å². The lowest BCUT2D eigenvalue weighted by Gasteiger charge is -2.22. The van der Waals surface area contributed by atoms with Gasteiger partial charge in [-0.15, -0.1) is 0 Å². The summed E-state index contributed by atoms with van der Waals surface area (Å²) in [5.74, 6) is 0.350. The Kier molecular flexibility index (Phi) is 5.83. The van der Waals surface area contributed by atoms with Gasteiger partial charge in [0.25, 0.3) is 0 Å². The third-order valence-electron chi connectivity index (χ3n) is 4.02. The van der Waals surface area contributed by atoms with Crippen LogP contribution in [0.4, 0.5) is 13.2 Å². The summed E-state index contributed by atoms with van der Waals surface area (Å²) in [6, 6.07) is 13.5. The Morgan fingerprint density at radius 1 is 0.964 bits per heavy atom. The van der Waals surface area contributed by atoms with Crippen molar-refractivity contribution in [2.24, 2.45) is 0 Å². The van der Waals surface area contributed by atoms with Crippen LogP contribution in [-0.2, 0) is 29.3 Å². The van der Waals surface area contributed by atoms with Crippen molar-refractivity contribution < 1.29 is 26.0 Å². The molecule has 0 saturated heterocycles. The molecule has 3 rings (SSSR count). The maximum absolute atomic E-state index is 13.1. The average molecular weight is 430 g/mol. The highest BCUT2D eigenvalue weighted by atomic mass is 35.5. The fraction of sp³-hybridized carbons (Fsp3) is 0.158. The van der Waals surface area contributed by atoms with E-state index in [0.717, 1.165) is 22.5 Å². The third kappa shape index (κ3) is 4.57. The van der Waals surface area contributed by atoms with E-state index in [-0.39, 0.29) is 13.1 Å². The van der Waals surface area contributed by atoms with Crippen LogP contribution in [0.3, 0.4) is 0 Å². The van der Waals surface area contributed by atoms with Gasteiger partial charge in [0.05, 0.1) is 23.3 Å². The van der Waals surface area contributed by atoms with E-state index < -0.39 is 26.7 Å². The minimum atomic E-state index is -4.65. The lowest BCUT2D eigenvalue weighted by molar-refractivity contribution is -0.137. The molecule has 0 spiro atoms. The molecule has 0 fully saturated rings. The van der Waals surface area contributed by atoms with Crippen LogP contribution in [0, 0.1) is 0 Å². The van der Waals surface area contributed by atoms with E-state index >= 15 is 0 Å². The first-order chi connectivity index (χ1) is 13.2. The van der Waals surface area contributed by atoms with Gasteiger partial charge in [0.15, 0.2) is 0 Å². The number of rotatable bonds is 6. The smallest absolute Gasteiger partial charge is 0.416 e. The fourth-order valence-corrected chi connectivity index (χ4v) is 4.23. The first-order valence-electron chi connectivity index (χ1n) is 8.11. The van der Waals surface area contributed by atoms with Crippen LogP contribution in [0.5, 0.6) is 0 Å². The molecule has 1 aromatic heterocycles. The molecule has 9 heteroatoms. The fourth-order valence-electron chi connectivity index (χ4n) is 2.60. The molecule has 1 heterocycles. The maximum atomic E-state index is 13.1. The average Bonchev–Trinajstić information content (AvgIpc) is 3.15. The molecule has 3 aromatic rings. The van der Waals surface area contributed by atoms with Crippen LogP contribution in [0.25, 0.3) is 0 Å². The first kappa shape index (κ1) is 20.4. The highest BCUT2D eigenvalue weighted by molar-refractivity contribution is 7.89. The zero-order chi connectivity index (χ0) is 20.4. The van der Waals surface area contributed by atoms with E-state index in [4.69, 9.17) is 16.0 Å². The minimum absolute atomic E-state index is 0.126. The molecule has 2 aromatic carbocycles. The minimum Gasteiger partial charge on any atom is -0.468 e. The van der Waals surface area contributed by atoms with Crippen molar-refractivity contribution in [3.63, 3.8) is 0 Å². The van der Waals surface area contributed by atoms with E-state index in [1.54, 1.807) is 36.4 Å². The molecule has 0 atom stereocenters. The molecule has 4 nitrogen and oxygen atoms in total. The van der Waals surface area contributed by atoms with Gasteiger partial charge >= 0.3 is 6.18 Å². The normalized spacial score (nSPS) is 12.5. The predicted octanol–water partition coefficient (Wildman–Crippen LogP) is 5.34. The van der Waals surface area contributed by atoms with Gasteiger partial charge in [0.2, 0.25) is 10.0 Å². The molecule has 0 radical (unpaired) electrons. The van der Waals surface area contributed by atoms with Crippen LogP contribution in [0.1, 0.15) is 16.9 Å². The van der Waals surface area contributed by atoms with Gasteiger partial charge in [0, 0.05) is 11.6 Å². The molecule has 0 unspecified atom stereocenters. The van der Waals surface area contributed by atoms with Crippen LogP contribution >= 0.6 is 11.6 Å². The topological polar surface area (TPSA) is 50.5 Å². The number of hydrogen-bond acceptors (Lipinski definition) is 3. The Morgan fingerprint density at radius 3 is 2.36 bits per heavy atom. The van der Waals surface area contributed by atoms with E-state index in [2.05, 4.69) is 0 Å². The van der Waals surface area contributed by atoms with Crippen molar-refractivity contribution in [2.75, 3.05) is 0 Å². The van der Waals surface area contributed by atoms with Crippen LogP contribution < -0.4 is 0 Å². The zero-order valence-corrected chi connectivity index (χ0v) is 15.9. The summed E-state index contributed by atoms with van der Waals surface area (Å²) >= 11 is 6.14. The van der Waals surface area contributed by atoms with Crippen molar-refractivity contribution in [3.8, 4) is 0 Å². The summed E-state index contributed by atoms with van der Waals surface area (Å²) in [7, 11) is -4.26. The summed E-state index contributed by atoms with van der Waals surface area (Å²) < 4.78 is 71.6. The second kappa shape index (κ2) is 7.98. The van der Waals surface area contributed by atoms with E-state index in [1.165, 1.54) is 6.26 Å². The molecular weight excluding hydrogens is 415 g/mol. The molecule has 0 N–H and O–H groups in total. The van der Waals surface area contributed by atoms with Crippen molar-refractivity contribution >= 4 is 21.6 Å². The van der Waals surface area contributed by atoms with E-state index in [1.807, 2.05) is 0 Å². The highest BCUT2D eigenvalue weighted by Gasteiger charge is 2.33. The van der Waals surface area contributed by atoms with Crippen molar-refractivity contribution in [3.05, 3.63) is 88.8 Å². The van der Waals surface area contributed by atoms with E-state index in [0.29, 0.717) is 22.4 Å². The van der Waals surface area contributed by atoms with Crippen LogP contribution in [0.2, 0.25) is 5.02 Å². The summed E-state index contributed by atoms with van der Waals surface area (Å²) in [4.78, 5) is -0.457. The Balaban J connectivity index is 2.02. The first-order valence-corrected chi connectivity index (χ1v) is 9.93. The van der Waals surface area contributed by atoms with Gasteiger partial charge in [-0.25, -0.2) is 8.42 Å². The summed E-state index contributed by atoms with van der Waals surface area (Å²) in [6.45, 7) is -0.282. The summed E-state index contributed by atoms with van der Waals surface area (Å²) in [5, 5.41) is 0.353. The predicted molar refractivity (Wildman–Crippen MR) is 98.0 cm³/mol. The number of hydrogen-bond donors (Lipinski definition) is 0. The van der Waals surface area contributed by atoms with Gasteiger partial charge in [-0.3, -0.25) is 0 Å². The van der Waals surface area contributed by atoms with Gasteiger partial charge in [-0.05, 0) is 42.0 Å². The second-order valence-electron chi connectivity index (χ2n) is 5.97. The largest absolute Gasteiger partial charge is 0.468 e.